The number of likely N-dealkylation sites (tertiary alicyclic amines) is 1. The highest BCUT2D eigenvalue weighted by Gasteiger charge is 2.46. The Kier molecular flexibility index (Phi) is 7.58. The first-order valence-corrected chi connectivity index (χ1v) is 14.3. The van der Waals surface area contributed by atoms with Crippen molar-refractivity contribution in [2.45, 2.75) is 37.1 Å². The smallest absolute Gasteiger partial charge is 0.253 e. The fourth-order valence-electron chi connectivity index (χ4n) is 6.02. The zero-order chi connectivity index (χ0) is 29.3. The van der Waals surface area contributed by atoms with Gasteiger partial charge in [0.05, 0.1) is 11.5 Å². The Morgan fingerprint density at radius 2 is 1.31 bits per heavy atom. The molecule has 1 saturated heterocycles. The number of piperidine rings is 1. The summed E-state index contributed by atoms with van der Waals surface area (Å²) in [5.74, 6) is -1.13. The van der Waals surface area contributed by atoms with Gasteiger partial charge in [-0.05, 0) is 102 Å². The minimum absolute atomic E-state index is 0.135. The highest BCUT2D eigenvalue weighted by Crippen LogP contribution is 2.43. The lowest BCUT2D eigenvalue weighted by atomic mass is 9.71. The van der Waals surface area contributed by atoms with Gasteiger partial charge in [0.15, 0.2) is 0 Å². The van der Waals surface area contributed by atoms with Crippen LogP contribution in [0.4, 0.5) is 13.2 Å². The van der Waals surface area contributed by atoms with Crippen molar-refractivity contribution in [2.75, 3.05) is 13.1 Å². The second kappa shape index (κ2) is 11.5. The van der Waals surface area contributed by atoms with Gasteiger partial charge in [0, 0.05) is 18.7 Å². The molecule has 1 aliphatic heterocycles. The lowest BCUT2D eigenvalue weighted by Gasteiger charge is -2.42. The first-order chi connectivity index (χ1) is 20.3. The number of rotatable bonds is 7. The monoisotopic (exact) mass is 568 g/mol. The van der Waals surface area contributed by atoms with E-state index in [0.717, 1.165) is 29.5 Å². The quantitative estimate of drug-likeness (QED) is 0.256. The molecule has 6 rings (SSSR count). The number of carbonyl (C=O) groups is 2. The van der Waals surface area contributed by atoms with Gasteiger partial charge in [-0.3, -0.25) is 9.59 Å². The van der Waals surface area contributed by atoms with Crippen LogP contribution in [0.5, 0.6) is 0 Å². The number of carbonyl (C=O) groups excluding carboxylic acids is 2. The first-order valence-electron chi connectivity index (χ1n) is 14.3. The van der Waals surface area contributed by atoms with Crippen molar-refractivity contribution in [3.8, 4) is 11.1 Å². The maximum Gasteiger partial charge on any atom is 0.253 e. The van der Waals surface area contributed by atoms with E-state index in [2.05, 4.69) is 5.32 Å². The molecule has 42 heavy (non-hydrogen) atoms. The Labute approximate surface area is 243 Å². The molecule has 4 aromatic rings. The van der Waals surface area contributed by atoms with E-state index in [1.54, 1.807) is 47.4 Å². The summed E-state index contributed by atoms with van der Waals surface area (Å²) < 4.78 is 41.2. The van der Waals surface area contributed by atoms with E-state index >= 15 is 0 Å². The number of hydrogen-bond acceptors (Lipinski definition) is 2. The first kappa shape index (κ1) is 27.8. The second-order valence-corrected chi connectivity index (χ2v) is 11.3. The normalized spacial score (nSPS) is 17.0. The SMILES string of the molecule is O=C(c1ccc(-c2ccc(F)cc2)cc1)N1CCC(C(=O)NC(c2cccc(F)c2)C2CC2)(c2ccc(F)cc2)CC1. The summed E-state index contributed by atoms with van der Waals surface area (Å²) in [6, 6.07) is 25.4. The number of amides is 2. The fourth-order valence-corrected chi connectivity index (χ4v) is 6.02. The number of nitrogens with one attached hydrogen (secondary N) is 1. The molecule has 4 nitrogen and oxygen atoms in total. The maximum atomic E-state index is 14.1. The Morgan fingerprint density at radius 3 is 1.88 bits per heavy atom. The highest BCUT2D eigenvalue weighted by molar-refractivity contribution is 5.95. The zero-order valence-corrected chi connectivity index (χ0v) is 23.0. The minimum atomic E-state index is -0.961. The van der Waals surface area contributed by atoms with Crippen molar-refractivity contribution in [2.24, 2.45) is 5.92 Å². The Hall–Kier alpha value is -4.39. The van der Waals surface area contributed by atoms with Crippen molar-refractivity contribution in [3.63, 3.8) is 0 Å². The molecule has 2 fully saturated rings. The van der Waals surface area contributed by atoms with Gasteiger partial charge >= 0.3 is 0 Å². The topological polar surface area (TPSA) is 49.4 Å². The van der Waals surface area contributed by atoms with Crippen molar-refractivity contribution in [1.29, 1.82) is 0 Å². The van der Waals surface area contributed by atoms with E-state index in [9.17, 15) is 22.8 Å². The van der Waals surface area contributed by atoms with Crippen LogP contribution in [-0.4, -0.2) is 29.8 Å². The lowest BCUT2D eigenvalue weighted by molar-refractivity contribution is -0.129. The highest BCUT2D eigenvalue weighted by atomic mass is 19.1. The molecule has 1 N–H and O–H groups in total. The summed E-state index contributed by atoms with van der Waals surface area (Å²) in [6.45, 7) is 0.689. The van der Waals surface area contributed by atoms with Gasteiger partial charge in [0.1, 0.15) is 17.5 Å². The number of benzene rings is 4. The molecule has 1 saturated carbocycles. The molecule has 0 radical (unpaired) electrons. The number of hydrogen-bond donors (Lipinski definition) is 1. The summed E-state index contributed by atoms with van der Waals surface area (Å²) in [4.78, 5) is 29.3. The summed E-state index contributed by atoms with van der Waals surface area (Å²) in [5, 5.41) is 3.22. The molecule has 1 atom stereocenters. The van der Waals surface area contributed by atoms with E-state index in [-0.39, 0.29) is 41.2 Å². The third kappa shape index (κ3) is 5.69. The molecule has 2 aliphatic rings. The van der Waals surface area contributed by atoms with Gasteiger partial charge in [-0.25, -0.2) is 13.2 Å². The largest absolute Gasteiger partial charge is 0.348 e. The molecular formula is C35H31F3N2O2. The van der Waals surface area contributed by atoms with Gasteiger partial charge in [0.2, 0.25) is 5.91 Å². The summed E-state index contributed by atoms with van der Waals surface area (Å²) in [7, 11) is 0. The predicted molar refractivity (Wildman–Crippen MR) is 155 cm³/mol. The molecule has 1 heterocycles. The van der Waals surface area contributed by atoms with Gasteiger partial charge in [-0.15, -0.1) is 0 Å². The summed E-state index contributed by atoms with van der Waals surface area (Å²) in [5.41, 5.74) is 2.73. The average molecular weight is 569 g/mol. The third-order valence-electron chi connectivity index (χ3n) is 8.63. The van der Waals surface area contributed by atoms with E-state index in [4.69, 9.17) is 0 Å². The standard InChI is InChI=1S/C35H31F3N2O2/c36-29-14-10-24(11-15-29)23-4-8-26(9-5-23)33(41)40-20-18-35(19-21-40,28-12-16-30(37)17-13-28)34(42)39-32(25-6-7-25)27-2-1-3-31(38)22-27/h1-5,8-17,22,25,32H,6-7,18-21H2,(H,39,42). The molecule has 0 spiro atoms. The van der Waals surface area contributed by atoms with Crippen LogP contribution in [0.25, 0.3) is 11.1 Å². The molecule has 1 unspecified atom stereocenters. The molecule has 0 bridgehead atoms. The van der Waals surface area contributed by atoms with Gasteiger partial charge in [0.25, 0.3) is 5.91 Å². The maximum absolute atomic E-state index is 14.1. The van der Waals surface area contributed by atoms with Gasteiger partial charge in [-0.1, -0.05) is 48.5 Å². The van der Waals surface area contributed by atoms with Crippen LogP contribution < -0.4 is 5.32 Å². The van der Waals surface area contributed by atoms with Crippen LogP contribution in [0.3, 0.4) is 0 Å². The second-order valence-electron chi connectivity index (χ2n) is 11.3. The van der Waals surface area contributed by atoms with Crippen LogP contribution in [0.2, 0.25) is 0 Å². The van der Waals surface area contributed by atoms with Crippen LogP contribution in [0, 0.1) is 23.4 Å². The van der Waals surface area contributed by atoms with Crippen molar-refractivity contribution in [1.82, 2.24) is 10.2 Å². The van der Waals surface area contributed by atoms with Crippen molar-refractivity contribution >= 4 is 11.8 Å². The van der Waals surface area contributed by atoms with E-state index in [1.807, 2.05) is 18.2 Å². The fraction of sp³-hybridized carbons (Fsp3) is 0.257. The molecule has 0 aromatic heterocycles. The zero-order valence-electron chi connectivity index (χ0n) is 23.0. The van der Waals surface area contributed by atoms with Crippen LogP contribution in [0.15, 0.2) is 97.1 Å². The van der Waals surface area contributed by atoms with Crippen LogP contribution >= 0.6 is 0 Å². The van der Waals surface area contributed by atoms with Crippen LogP contribution in [0.1, 0.15) is 53.2 Å². The van der Waals surface area contributed by atoms with Gasteiger partial charge in [-0.2, -0.15) is 0 Å². The lowest BCUT2D eigenvalue weighted by Crippen LogP contribution is -2.53. The van der Waals surface area contributed by atoms with Gasteiger partial charge < -0.3 is 10.2 Å². The molecule has 7 heteroatoms. The molecular weight excluding hydrogens is 537 g/mol. The van der Waals surface area contributed by atoms with Crippen molar-refractivity contribution < 1.29 is 22.8 Å². The Morgan fingerprint density at radius 1 is 0.738 bits per heavy atom. The number of halogens is 3. The predicted octanol–water partition coefficient (Wildman–Crippen LogP) is 7.21. The third-order valence-corrected chi connectivity index (χ3v) is 8.63. The Bertz CT molecular complexity index is 1570. The van der Waals surface area contributed by atoms with E-state index < -0.39 is 5.41 Å². The number of nitrogens with zero attached hydrogens (tertiary/aromatic N) is 1. The van der Waals surface area contributed by atoms with Crippen molar-refractivity contribution in [3.05, 3.63) is 131 Å². The molecule has 214 valence electrons. The Balaban J connectivity index is 1.21. The molecule has 4 aromatic carbocycles. The minimum Gasteiger partial charge on any atom is -0.348 e. The van der Waals surface area contributed by atoms with Crippen LogP contribution in [-0.2, 0) is 10.2 Å². The summed E-state index contributed by atoms with van der Waals surface area (Å²) >= 11 is 0. The van der Waals surface area contributed by atoms with E-state index in [0.29, 0.717) is 37.1 Å². The molecule has 2 amide bonds. The molecule has 1 aliphatic carbocycles. The average Bonchev–Trinajstić information content (AvgIpc) is 3.86. The van der Waals surface area contributed by atoms with E-state index in [1.165, 1.54) is 36.4 Å². The summed E-state index contributed by atoms with van der Waals surface area (Å²) in [6.07, 6.45) is 2.63.